The maximum absolute atomic E-state index is 5.17. The van der Waals surface area contributed by atoms with Crippen LogP contribution >= 0.6 is 0 Å². The minimum atomic E-state index is -0.0697. The highest BCUT2D eigenvalue weighted by Crippen LogP contribution is 2.32. The molecule has 0 saturated heterocycles. The molecule has 1 N–H and O–H groups in total. The van der Waals surface area contributed by atoms with Gasteiger partial charge in [-0.15, -0.1) is 0 Å². The summed E-state index contributed by atoms with van der Waals surface area (Å²) in [5, 5.41) is 5.87. The summed E-state index contributed by atoms with van der Waals surface area (Å²) < 4.78 is 2.23. The van der Waals surface area contributed by atoms with Crippen LogP contribution in [0.15, 0.2) is 145 Å². The average Bonchev–Trinajstić information content (AvgIpc) is 3.32. The smallest absolute Gasteiger partial charge is 0.208 e. The Hall–Kier alpha value is -4.89. The van der Waals surface area contributed by atoms with Crippen molar-refractivity contribution in [2.24, 2.45) is 4.99 Å². The molecule has 2 heterocycles. The van der Waals surface area contributed by atoms with Gasteiger partial charge in [-0.3, -0.25) is 4.57 Å². The van der Waals surface area contributed by atoms with Crippen molar-refractivity contribution in [1.82, 2.24) is 9.88 Å². The van der Waals surface area contributed by atoms with Crippen LogP contribution < -0.4 is 5.32 Å². The van der Waals surface area contributed by atoms with Crippen LogP contribution in [0.25, 0.3) is 44.1 Å². The lowest BCUT2D eigenvalue weighted by Crippen LogP contribution is -2.29. The second-order valence-electron chi connectivity index (χ2n) is 9.34. The Morgan fingerprint density at radius 3 is 1.81 bits per heavy atom. The number of aromatic nitrogens is 1. The highest BCUT2D eigenvalue weighted by molar-refractivity contribution is 6.14. The van der Waals surface area contributed by atoms with Gasteiger partial charge in [0.15, 0.2) is 0 Å². The van der Waals surface area contributed by atoms with Gasteiger partial charge in [0.25, 0.3) is 0 Å². The lowest BCUT2D eigenvalue weighted by atomic mass is 9.97. The van der Waals surface area contributed by atoms with E-state index in [2.05, 4.69) is 137 Å². The van der Waals surface area contributed by atoms with Crippen LogP contribution in [-0.2, 0) is 0 Å². The number of hydrogen-bond donors (Lipinski definition) is 1. The molecule has 1 aliphatic heterocycles. The molecular formula is C34H25N3. The molecule has 1 aliphatic rings. The molecule has 3 nitrogen and oxygen atoms in total. The molecule has 3 heteroatoms. The van der Waals surface area contributed by atoms with Gasteiger partial charge in [0, 0.05) is 17.0 Å². The van der Waals surface area contributed by atoms with Gasteiger partial charge >= 0.3 is 0 Å². The molecule has 1 aromatic heterocycles. The van der Waals surface area contributed by atoms with Crippen molar-refractivity contribution in [3.05, 3.63) is 145 Å². The van der Waals surface area contributed by atoms with Gasteiger partial charge in [-0.25, -0.2) is 4.99 Å². The first kappa shape index (κ1) is 21.4. The van der Waals surface area contributed by atoms with Gasteiger partial charge in [0.05, 0.1) is 17.1 Å². The molecule has 7 rings (SSSR count). The standard InChI is InChI=1S/C34H25N3/c1-2-9-24(10-3-1)25-17-19-26(20-18-25)27-11-8-12-28(23-27)31-21-22-35-34(36-31)37-32-15-6-4-13-29(32)30-14-5-7-16-33(30)37/h1-23,31H,(H,35,36). The lowest BCUT2D eigenvalue weighted by molar-refractivity contribution is 0.851. The number of rotatable bonds is 3. The predicted molar refractivity (Wildman–Crippen MR) is 155 cm³/mol. The summed E-state index contributed by atoms with van der Waals surface area (Å²) in [4.78, 5) is 5.17. The van der Waals surface area contributed by atoms with Crippen LogP contribution in [-0.4, -0.2) is 10.5 Å². The quantitative estimate of drug-likeness (QED) is 0.275. The molecule has 0 fully saturated rings. The van der Waals surface area contributed by atoms with Crippen molar-refractivity contribution >= 4 is 27.8 Å². The SMILES string of the molecule is C1=CC(c2cccc(-c3ccc(-c4ccccc4)cc3)c2)N=C(n2c3ccccc3c3ccccc32)N1. The fourth-order valence-electron chi connectivity index (χ4n) is 5.27. The summed E-state index contributed by atoms with van der Waals surface area (Å²) in [6.45, 7) is 0. The Bertz CT molecular complexity index is 1740. The summed E-state index contributed by atoms with van der Waals surface area (Å²) in [7, 11) is 0. The second-order valence-corrected chi connectivity index (χ2v) is 9.34. The molecule has 0 amide bonds. The Labute approximate surface area is 216 Å². The highest BCUT2D eigenvalue weighted by Gasteiger charge is 2.18. The molecule has 0 saturated carbocycles. The Morgan fingerprint density at radius 1 is 0.541 bits per heavy atom. The number of nitrogens with one attached hydrogen (secondary N) is 1. The number of nitrogens with zero attached hydrogens (tertiary/aromatic N) is 2. The van der Waals surface area contributed by atoms with Crippen molar-refractivity contribution in [2.75, 3.05) is 0 Å². The molecule has 1 atom stereocenters. The van der Waals surface area contributed by atoms with Gasteiger partial charge in [-0.1, -0.05) is 109 Å². The van der Waals surface area contributed by atoms with E-state index in [1.807, 2.05) is 12.3 Å². The average molecular weight is 476 g/mol. The van der Waals surface area contributed by atoms with E-state index in [-0.39, 0.29) is 6.04 Å². The van der Waals surface area contributed by atoms with Crippen molar-refractivity contribution in [3.63, 3.8) is 0 Å². The molecule has 0 radical (unpaired) electrons. The van der Waals surface area contributed by atoms with E-state index in [1.165, 1.54) is 38.6 Å². The number of para-hydroxylation sites is 2. The maximum Gasteiger partial charge on any atom is 0.208 e. The summed E-state index contributed by atoms with van der Waals surface area (Å²) >= 11 is 0. The molecule has 0 spiro atoms. The first-order valence-electron chi connectivity index (χ1n) is 12.6. The molecule has 37 heavy (non-hydrogen) atoms. The summed E-state index contributed by atoms with van der Waals surface area (Å²) in [6.07, 6.45) is 4.13. The number of fused-ring (bicyclic) bond motifs is 3. The fourth-order valence-corrected chi connectivity index (χ4v) is 5.27. The third-order valence-electron chi connectivity index (χ3n) is 7.10. The van der Waals surface area contributed by atoms with E-state index >= 15 is 0 Å². The van der Waals surface area contributed by atoms with Gasteiger partial charge in [0.1, 0.15) is 0 Å². The van der Waals surface area contributed by atoms with E-state index in [9.17, 15) is 0 Å². The monoisotopic (exact) mass is 475 g/mol. The third kappa shape index (κ3) is 3.82. The van der Waals surface area contributed by atoms with Gasteiger partial charge in [0.2, 0.25) is 5.96 Å². The molecule has 1 unspecified atom stereocenters. The van der Waals surface area contributed by atoms with Crippen molar-refractivity contribution < 1.29 is 0 Å². The predicted octanol–water partition coefficient (Wildman–Crippen LogP) is 8.19. The summed E-state index contributed by atoms with van der Waals surface area (Å²) in [5.41, 5.74) is 8.31. The fraction of sp³-hybridized carbons (Fsp3) is 0.0294. The topological polar surface area (TPSA) is 29.3 Å². The minimum Gasteiger partial charge on any atom is -0.332 e. The minimum absolute atomic E-state index is 0.0697. The second kappa shape index (κ2) is 8.96. The first-order valence-corrected chi connectivity index (χ1v) is 12.6. The van der Waals surface area contributed by atoms with Crippen LogP contribution in [0, 0.1) is 0 Å². The van der Waals surface area contributed by atoms with Crippen LogP contribution in [0.2, 0.25) is 0 Å². The van der Waals surface area contributed by atoms with E-state index < -0.39 is 0 Å². The number of benzene rings is 5. The maximum atomic E-state index is 5.17. The number of hydrogen-bond acceptors (Lipinski definition) is 2. The molecular weight excluding hydrogens is 450 g/mol. The van der Waals surface area contributed by atoms with Crippen LogP contribution in [0.5, 0.6) is 0 Å². The zero-order valence-electron chi connectivity index (χ0n) is 20.3. The Balaban J connectivity index is 1.25. The summed E-state index contributed by atoms with van der Waals surface area (Å²) in [6, 6.07) is 45.0. The Kier molecular flexibility index (Phi) is 5.18. The van der Waals surface area contributed by atoms with Gasteiger partial charge < -0.3 is 5.32 Å². The van der Waals surface area contributed by atoms with E-state index in [0.717, 1.165) is 17.0 Å². The van der Waals surface area contributed by atoms with Gasteiger partial charge in [-0.2, -0.15) is 0 Å². The molecule has 0 aliphatic carbocycles. The molecule has 5 aromatic carbocycles. The van der Waals surface area contributed by atoms with Crippen LogP contribution in [0.4, 0.5) is 0 Å². The molecule has 6 aromatic rings. The zero-order valence-corrected chi connectivity index (χ0v) is 20.3. The van der Waals surface area contributed by atoms with Crippen LogP contribution in [0.1, 0.15) is 11.6 Å². The van der Waals surface area contributed by atoms with Crippen molar-refractivity contribution in [3.8, 4) is 22.3 Å². The number of aliphatic imine (C=N–C) groups is 1. The normalized spacial score (nSPS) is 15.0. The molecule has 176 valence electrons. The van der Waals surface area contributed by atoms with E-state index in [0.29, 0.717) is 0 Å². The zero-order chi connectivity index (χ0) is 24.6. The third-order valence-corrected chi connectivity index (χ3v) is 7.10. The van der Waals surface area contributed by atoms with Crippen molar-refractivity contribution in [2.45, 2.75) is 6.04 Å². The van der Waals surface area contributed by atoms with Crippen LogP contribution in [0.3, 0.4) is 0 Å². The highest BCUT2D eigenvalue weighted by atomic mass is 15.2. The van der Waals surface area contributed by atoms with E-state index in [4.69, 9.17) is 4.99 Å². The largest absolute Gasteiger partial charge is 0.332 e. The molecule has 0 bridgehead atoms. The van der Waals surface area contributed by atoms with E-state index in [1.54, 1.807) is 0 Å². The van der Waals surface area contributed by atoms with Gasteiger partial charge in [-0.05, 0) is 52.1 Å². The first-order chi connectivity index (χ1) is 18.3. The van der Waals surface area contributed by atoms with Crippen molar-refractivity contribution in [1.29, 1.82) is 0 Å². The summed E-state index contributed by atoms with van der Waals surface area (Å²) in [5.74, 6) is 0.836. The lowest BCUT2D eigenvalue weighted by Gasteiger charge is -2.19. The Morgan fingerprint density at radius 2 is 1.11 bits per heavy atom.